The summed E-state index contributed by atoms with van der Waals surface area (Å²) in [7, 11) is 0. The van der Waals surface area contributed by atoms with Crippen LogP contribution < -0.4 is 5.73 Å². The maximum atomic E-state index is 13.7. The van der Waals surface area contributed by atoms with Crippen LogP contribution in [0.3, 0.4) is 0 Å². The van der Waals surface area contributed by atoms with Crippen LogP contribution >= 0.6 is 0 Å². The number of nitrogens with two attached hydrogens (primary N) is 1. The van der Waals surface area contributed by atoms with Crippen LogP contribution in [0.5, 0.6) is 5.75 Å². The maximum absolute atomic E-state index is 13.7. The summed E-state index contributed by atoms with van der Waals surface area (Å²) in [5.41, 5.74) is 2.62. The maximum Gasteiger partial charge on any atom is 0.306 e. The highest BCUT2D eigenvalue weighted by Crippen LogP contribution is 2.54. The van der Waals surface area contributed by atoms with Gasteiger partial charge in [0.25, 0.3) is 0 Å². The molecule has 0 aliphatic heterocycles. The van der Waals surface area contributed by atoms with Crippen molar-refractivity contribution >= 4 is 35.0 Å². The molecule has 3 aliphatic rings. The van der Waals surface area contributed by atoms with Crippen LogP contribution in [0.25, 0.3) is 0 Å². The fraction of sp³-hybridized carbons (Fsp3) is 0.538. The quantitative estimate of drug-likeness (QED) is 0.292. The SMILES string of the molecule is CCCCCC(=O)O[C@H]1[C@H]2C(C(=O)c3c(O)cccc3[C@@H]2C)C(=O)[C@]2(O)C(=O)C(C(N)=O)C(=O)C[C@H]12. The number of aromatic hydroxyl groups is 1. The van der Waals surface area contributed by atoms with Crippen LogP contribution in [0.2, 0.25) is 0 Å². The molecule has 36 heavy (non-hydrogen) atoms. The van der Waals surface area contributed by atoms with E-state index in [1.807, 2.05) is 6.92 Å². The molecule has 0 heterocycles. The zero-order chi connectivity index (χ0) is 26.5. The average Bonchev–Trinajstić information content (AvgIpc) is 2.81. The minimum atomic E-state index is -2.93. The molecule has 1 amide bonds. The summed E-state index contributed by atoms with van der Waals surface area (Å²) in [6.07, 6.45) is 0.218. The summed E-state index contributed by atoms with van der Waals surface area (Å²) in [6.45, 7) is 3.65. The summed E-state index contributed by atoms with van der Waals surface area (Å²) in [6, 6.07) is 4.43. The number of rotatable bonds is 6. The van der Waals surface area contributed by atoms with Gasteiger partial charge in [-0.2, -0.15) is 0 Å². The number of Topliss-reactive ketones (excluding diaryl/α,β-unsaturated/α-hetero) is 4. The lowest BCUT2D eigenvalue weighted by atomic mass is 9.50. The Morgan fingerprint density at radius 1 is 1.14 bits per heavy atom. The van der Waals surface area contributed by atoms with E-state index in [4.69, 9.17) is 10.5 Å². The van der Waals surface area contributed by atoms with Crippen molar-refractivity contribution in [2.24, 2.45) is 29.4 Å². The van der Waals surface area contributed by atoms with Crippen LogP contribution in [0.15, 0.2) is 18.2 Å². The third-order valence-electron chi connectivity index (χ3n) is 7.94. The first-order valence-corrected chi connectivity index (χ1v) is 12.1. The van der Waals surface area contributed by atoms with E-state index in [0.29, 0.717) is 12.0 Å². The van der Waals surface area contributed by atoms with Crippen molar-refractivity contribution in [3.63, 3.8) is 0 Å². The number of ether oxygens (including phenoxy) is 1. The van der Waals surface area contributed by atoms with E-state index in [1.165, 1.54) is 12.1 Å². The normalized spacial score (nSPS) is 33.4. The Labute approximate surface area is 207 Å². The molecule has 4 N–H and O–H groups in total. The van der Waals surface area contributed by atoms with Crippen molar-refractivity contribution in [1.82, 2.24) is 0 Å². The number of hydrogen-bond acceptors (Lipinski definition) is 9. The molecule has 3 aliphatic carbocycles. The fourth-order valence-corrected chi connectivity index (χ4v) is 6.17. The second-order valence-corrected chi connectivity index (χ2v) is 9.97. The molecule has 7 atom stereocenters. The number of carbonyl (C=O) groups excluding carboxylic acids is 6. The molecule has 4 rings (SSSR count). The highest BCUT2D eigenvalue weighted by molar-refractivity contribution is 6.31. The molecule has 10 heteroatoms. The number of amides is 1. The first-order valence-electron chi connectivity index (χ1n) is 12.1. The lowest BCUT2D eigenvalue weighted by molar-refractivity contribution is -0.198. The summed E-state index contributed by atoms with van der Waals surface area (Å²) in [4.78, 5) is 78.0. The van der Waals surface area contributed by atoms with Crippen LogP contribution in [-0.2, 0) is 28.7 Å². The third kappa shape index (κ3) is 3.66. The molecule has 10 nitrogen and oxygen atoms in total. The van der Waals surface area contributed by atoms with Crippen molar-refractivity contribution in [2.75, 3.05) is 0 Å². The Morgan fingerprint density at radius 3 is 2.47 bits per heavy atom. The molecule has 1 aromatic carbocycles. The van der Waals surface area contributed by atoms with Crippen molar-refractivity contribution < 1.29 is 43.7 Å². The standard InChI is InChI=1S/C26H29NO9/c1-3-4-5-9-16(30)36-22-13-10-15(29)19(25(27)34)23(32)26(13,35)24(33)20-17(22)11(2)12-7-6-8-14(28)18(12)21(20)31/h6-8,11,13,17,19-20,22,28,35H,3-5,9-10H2,1-2H3,(H2,27,34)/t11-,13+,17+,19?,20?,22+,26+/m0/s1. The average molecular weight is 500 g/mol. The van der Waals surface area contributed by atoms with E-state index in [0.717, 1.165) is 12.8 Å². The number of primary amides is 1. The van der Waals surface area contributed by atoms with Gasteiger partial charge >= 0.3 is 5.97 Å². The van der Waals surface area contributed by atoms with Gasteiger partial charge in [-0.1, -0.05) is 38.8 Å². The topological polar surface area (TPSA) is 178 Å². The third-order valence-corrected chi connectivity index (χ3v) is 7.94. The summed E-state index contributed by atoms with van der Waals surface area (Å²) in [5.74, 6) is -13.4. The van der Waals surface area contributed by atoms with Gasteiger partial charge in [-0.3, -0.25) is 28.8 Å². The predicted molar refractivity (Wildman–Crippen MR) is 123 cm³/mol. The highest BCUT2D eigenvalue weighted by atomic mass is 16.5. The predicted octanol–water partition coefficient (Wildman–Crippen LogP) is 0.990. The zero-order valence-electron chi connectivity index (χ0n) is 20.1. The van der Waals surface area contributed by atoms with Gasteiger partial charge in [0.05, 0.1) is 11.5 Å². The van der Waals surface area contributed by atoms with Crippen LogP contribution in [0.4, 0.5) is 0 Å². The van der Waals surface area contributed by atoms with Gasteiger partial charge in [0.15, 0.2) is 34.7 Å². The minimum Gasteiger partial charge on any atom is -0.507 e. The van der Waals surface area contributed by atoms with E-state index in [9.17, 15) is 39.0 Å². The second kappa shape index (κ2) is 9.24. The Balaban J connectivity index is 1.86. The summed E-state index contributed by atoms with van der Waals surface area (Å²) < 4.78 is 5.76. The van der Waals surface area contributed by atoms with Gasteiger partial charge < -0.3 is 20.7 Å². The Hall–Kier alpha value is -3.40. The molecule has 2 fully saturated rings. The number of benzene rings is 1. The smallest absolute Gasteiger partial charge is 0.306 e. The lowest BCUT2D eigenvalue weighted by Crippen LogP contribution is -2.73. The van der Waals surface area contributed by atoms with Gasteiger partial charge in [-0.25, -0.2) is 0 Å². The number of hydrogen-bond donors (Lipinski definition) is 3. The molecular formula is C26H29NO9. The lowest BCUT2D eigenvalue weighted by Gasteiger charge is -2.53. The number of fused-ring (bicyclic) bond motifs is 3. The van der Waals surface area contributed by atoms with Crippen molar-refractivity contribution in [1.29, 1.82) is 0 Å². The molecule has 0 spiro atoms. The molecule has 0 radical (unpaired) electrons. The molecule has 1 aromatic rings. The second-order valence-electron chi connectivity index (χ2n) is 9.97. The zero-order valence-corrected chi connectivity index (χ0v) is 20.1. The minimum absolute atomic E-state index is 0.0341. The Bertz CT molecular complexity index is 1170. The highest BCUT2D eigenvalue weighted by Gasteiger charge is 2.71. The summed E-state index contributed by atoms with van der Waals surface area (Å²) >= 11 is 0. The van der Waals surface area contributed by atoms with Crippen molar-refractivity contribution in [3.8, 4) is 5.75 Å². The van der Waals surface area contributed by atoms with E-state index in [2.05, 4.69) is 0 Å². The van der Waals surface area contributed by atoms with Crippen LogP contribution in [-0.4, -0.2) is 56.9 Å². The number of ketones is 4. The number of unbranched alkanes of at least 4 members (excludes halogenated alkanes) is 2. The van der Waals surface area contributed by atoms with E-state index in [1.54, 1.807) is 13.0 Å². The number of carbonyl (C=O) groups is 6. The molecule has 0 aromatic heterocycles. The number of phenols is 1. The molecule has 0 saturated heterocycles. The van der Waals surface area contributed by atoms with Gasteiger partial charge in [0.2, 0.25) is 5.91 Å². The molecular weight excluding hydrogens is 470 g/mol. The van der Waals surface area contributed by atoms with Crippen molar-refractivity contribution in [3.05, 3.63) is 29.3 Å². The van der Waals surface area contributed by atoms with Crippen molar-refractivity contribution in [2.45, 2.75) is 63.6 Å². The number of esters is 1. The van der Waals surface area contributed by atoms with Gasteiger partial charge in [-0.05, 0) is 24.0 Å². The monoisotopic (exact) mass is 499 g/mol. The van der Waals surface area contributed by atoms with Gasteiger partial charge in [-0.15, -0.1) is 0 Å². The molecule has 192 valence electrons. The van der Waals surface area contributed by atoms with E-state index >= 15 is 0 Å². The first-order chi connectivity index (χ1) is 17.0. The number of aliphatic hydroxyl groups is 1. The van der Waals surface area contributed by atoms with Gasteiger partial charge in [0.1, 0.15) is 11.9 Å². The Morgan fingerprint density at radius 2 is 1.83 bits per heavy atom. The number of phenolic OH excluding ortho intramolecular Hbond substituents is 1. The van der Waals surface area contributed by atoms with E-state index < -0.39 is 82.7 Å². The van der Waals surface area contributed by atoms with E-state index in [-0.39, 0.29) is 17.7 Å². The largest absolute Gasteiger partial charge is 0.507 e. The molecule has 2 saturated carbocycles. The van der Waals surface area contributed by atoms with Crippen LogP contribution in [0, 0.1) is 23.7 Å². The Kier molecular flexibility index (Phi) is 6.59. The van der Waals surface area contributed by atoms with Crippen LogP contribution in [0.1, 0.15) is 67.8 Å². The first kappa shape index (κ1) is 25.7. The fourth-order valence-electron chi connectivity index (χ4n) is 6.17. The molecule has 0 bridgehead atoms. The summed E-state index contributed by atoms with van der Waals surface area (Å²) in [5, 5.41) is 22.0. The van der Waals surface area contributed by atoms with Gasteiger partial charge in [0, 0.05) is 24.7 Å². The molecule has 2 unspecified atom stereocenters.